The van der Waals surface area contributed by atoms with Crippen molar-refractivity contribution < 1.29 is 4.79 Å². The van der Waals surface area contributed by atoms with Crippen LogP contribution >= 0.6 is 11.3 Å². The Kier molecular flexibility index (Phi) is 3.92. The van der Waals surface area contributed by atoms with Crippen molar-refractivity contribution in [1.82, 2.24) is 19.7 Å². The predicted octanol–water partition coefficient (Wildman–Crippen LogP) is 1.56. The number of anilines is 1. The molecule has 1 atom stereocenters. The van der Waals surface area contributed by atoms with Gasteiger partial charge in [-0.15, -0.1) is 11.3 Å². The highest BCUT2D eigenvalue weighted by Gasteiger charge is 2.26. The minimum absolute atomic E-state index is 0.133. The summed E-state index contributed by atoms with van der Waals surface area (Å²) in [6.07, 6.45) is 3.53. The van der Waals surface area contributed by atoms with Crippen LogP contribution in [0.3, 0.4) is 0 Å². The molecular formula is C14H19N5OS. The molecule has 1 aliphatic rings. The Morgan fingerprint density at radius 2 is 2.10 bits per heavy atom. The molecule has 0 radical (unpaired) electrons. The number of hydrogen-bond donors (Lipinski definition) is 0. The zero-order valence-corrected chi connectivity index (χ0v) is 13.1. The van der Waals surface area contributed by atoms with Crippen LogP contribution < -0.4 is 4.90 Å². The Bertz CT molecular complexity index is 601. The van der Waals surface area contributed by atoms with Crippen molar-refractivity contribution in [1.29, 1.82) is 0 Å². The average Bonchev–Trinajstić information content (AvgIpc) is 3.17. The first-order chi connectivity index (χ1) is 10.1. The van der Waals surface area contributed by atoms with Gasteiger partial charge < -0.3 is 9.80 Å². The second-order valence-electron chi connectivity index (χ2n) is 5.25. The van der Waals surface area contributed by atoms with Crippen molar-refractivity contribution in [3.05, 3.63) is 29.5 Å². The molecule has 112 valence electrons. The maximum atomic E-state index is 12.5. The van der Waals surface area contributed by atoms with Gasteiger partial charge in [0.25, 0.3) is 0 Å². The van der Waals surface area contributed by atoms with Gasteiger partial charge in [-0.3, -0.25) is 9.48 Å². The molecule has 3 heterocycles. The fourth-order valence-corrected chi connectivity index (χ4v) is 3.35. The van der Waals surface area contributed by atoms with E-state index in [9.17, 15) is 4.79 Å². The molecule has 7 heteroatoms. The van der Waals surface area contributed by atoms with Gasteiger partial charge in [0.1, 0.15) is 6.04 Å². The zero-order chi connectivity index (χ0) is 14.8. The van der Waals surface area contributed by atoms with E-state index in [0.717, 1.165) is 37.0 Å². The van der Waals surface area contributed by atoms with Gasteiger partial charge in [-0.2, -0.15) is 5.10 Å². The van der Waals surface area contributed by atoms with Crippen molar-refractivity contribution in [3.63, 3.8) is 0 Å². The van der Waals surface area contributed by atoms with Crippen LogP contribution in [0, 0.1) is 6.92 Å². The highest BCUT2D eigenvalue weighted by molar-refractivity contribution is 7.13. The summed E-state index contributed by atoms with van der Waals surface area (Å²) in [5.74, 6) is 0.133. The van der Waals surface area contributed by atoms with E-state index in [0.29, 0.717) is 0 Å². The summed E-state index contributed by atoms with van der Waals surface area (Å²) >= 11 is 1.67. The largest absolute Gasteiger partial charge is 0.345 e. The van der Waals surface area contributed by atoms with E-state index in [1.807, 2.05) is 31.0 Å². The Balaban J connectivity index is 1.59. The Labute approximate surface area is 128 Å². The van der Waals surface area contributed by atoms with Crippen molar-refractivity contribution >= 4 is 22.4 Å². The lowest BCUT2D eigenvalue weighted by atomic mass is 10.2. The first-order valence-corrected chi connectivity index (χ1v) is 7.98. The third-order valence-electron chi connectivity index (χ3n) is 3.75. The van der Waals surface area contributed by atoms with Crippen molar-refractivity contribution in [3.8, 4) is 0 Å². The van der Waals surface area contributed by atoms with Crippen LogP contribution in [0.2, 0.25) is 0 Å². The van der Waals surface area contributed by atoms with Gasteiger partial charge in [0, 0.05) is 44.0 Å². The molecule has 1 saturated heterocycles. The maximum absolute atomic E-state index is 12.5. The molecule has 0 aromatic carbocycles. The second-order valence-corrected chi connectivity index (χ2v) is 6.08. The highest BCUT2D eigenvalue weighted by Crippen LogP contribution is 2.22. The molecule has 0 aliphatic carbocycles. The van der Waals surface area contributed by atoms with Gasteiger partial charge in [0.15, 0.2) is 5.13 Å². The Morgan fingerprint density at radius 3 is 2.67 bits per heavy atom. The molecule has 0 saturated carbocycles. The molecule has 2 aromatic rings. The summed E-state index contributed by atoms with van der Waals surface area (Å²) in [6.45, 7) is 7.05. The third kappa shape index (κ3) is 2.92. The second kappa shape index (κ2) is 5.85. The minimum Gasteiger partial charge on any atom is -0.345 e. The van der Waals surface area contributed by atoms with E-state index in [4.69, 9.17) is 0 Å². The fourth-order valence-electron chi connectivity index (χ4n) is 2.49. The van der Waals surface area contributed by atoms with E-state index in [1.165, 1.54) is 0 Å². The van der Waals surface area contributed by atoms with Crippen molar-refractivity contribution in [2.24, 2.45) is 0 Å². The summed E-state index contributed by atoms with van der Waals surface area (Å²) < 4.78 is 1.71. The summed E-state index contributed by atoms with van der Waals surface area (Å²) in [4.78, 5) is 21.2. The highest BCUT2D eigenvalue weighted by atomic mass is 32.1. The first kappa shape index (κ1) is 14.1. The number of rotatable bonds is 3. The van der Waals surface area contributed by atoms with Crippen LogP contribution in [0.4, 0.5) is 5.13 Å². The Morgan fingerprint density at radius 1 is 1.33 bits per heavy atom. The van der Waals surface area contributed by atoms with Crippen LogP contribution in [0.1, 0.15) is 18.7 Å². The number of aryl methyl sites for hydroxylation is 1. The molecule has 2 aromatic heterocycles. The lowest BCUT2D eigenvalue weighted by Crippen LogP contribution is -2.50. The molecule has 0 spiro atoms. The van der Waals surface area contributed by atoms with Gasteiger partial charge in [0.05, 0.1) is 5.69 Å². The number of carbonyl (C=O) groups is 1. The minimum atomic E-state index is -0.242. The van der Waals surface area contributed by atoms with Crippen LogP contribution in [-0.4, -0.2) is 51.8 Å². The van der Waals surface area contributed by atoms with E-state index >= 15 is 0 Å². The molecule has 0 N–H and O–H groups in total. The Hall–Kier alpha value is -1.89. The normalized spacial score (nSPS) is 17.0. The summed E-state index contributed by atoms with van der Waals surface area (Å²) in [5, 5.41) is 7.27. The monoisotopic (exact) mass is 305 g/mol. The zero-order valence-electron chi connectivity index (χ0n) is 12.3. The number of amides is 1. The first-order valence-electron chi connectivity index (χ1n) is 7.10. The quantitative estimate of drug-likeness (QED) is 0.863. The van der Waals surface area contributed by atoms with Gasteiger partial charge in [-0.05, 0) is 19.9 Å². The number of carbonyl (C=O) groups excluding carboxylic acids is 1. The van der Waals surface area contributed by atoms with Gasteiger partial charge in [-0.25, -0.2) is 4.98 Å². The molecule has 3 rings (SSSR count). The molecule has 1 aliphatic heterocycles. The van der Waals surface area contributed by atoms with Gasteiger partial charge in [0.2, 0.25) is 5.91 Å². The molecule has 6 nitrogen and oxygen atoms in total. The standard InChI is InChI=1S/C14H19N5OS/c1-11-10-21-14(16-11)18-8-6-17(7-9-18)13(20)12(2)19-5-3-4-15-19/h3-5,10,12H,6-9H2,1-2H3. The number of nitrogens with zero attached hydrogens (tertiary/aromatic N) is 5. The molecule has 1 fully saturated rings. The molecule has 0 bridgehead atoms. The predicted molar refractivity (Wildman–Crippen MR) is 82.6 cm³/mol. The average molecular weight is 305 g/mol. The van der Waals surface area contributed by atoms with E-state index in [-0.39, 0.29) is 11.9 Å². The van der Waals surface area contributed by atoms with Crippen LogP contribution in [0.5, 0.6) is 0 Å². The molecule has 21 heavy (non-hydrogen) atoms. The maximum Gasteiger partial charge on any atom is 0.247 e. The molecular weight excluding hydrogens is 286 g/mol. The SMILES string of the molecule is Cc1csc(N2CCN(C(=O)C(C)n3cccn3)CC2)n1. The number of aromatic nitrogens is 3. The number of piperazine rings is 1. The number of hydrogen-bond acceptors (Lipinski definition) is 5. The van der Waals surface area contributed by atoms with E-state index in [1.54, 1.807) is 22.2 Å². The van der Waals surface area contributed by atoms with Crippen molar-refractivity contribution in [2.45, 2.75) is 19.9 Å². The summed E-state index contributed by atoms with van der Waals surface area (Å²) in [7, 11) is 0. The third-order valence-corrected chi connectivity index (χ3v) is 4.77. The van der Waals surface area contributed by atoms with Crippen LogP contribution in [0.25, 0.3) is 0 Å². The summed E-state index contributed by atoms with van der Waals surface area (Å²) in [5.41, 5.74) is 1.06. The van der Waals surface area contributed by atoms with Gasteiger partial charge >= 0.3 is 0 Å². The number of thiazole rings is 1. The van der Waals surface area contributed by atoms with E-state index < -0.39 is 0 Å². The summed E-state index contributed by atoms with van der Waals surface area (Å²) in [6, 6.07) is 1.60. The lowest BCUT2D eigenvalue weighted by molar-refractivity contribution is -0.134. The van der Waals surface area contributed by atoms with E-state index in [2.05, 4.69) is 20.4 Å². The topological polar surface area (TPSA) is 54.3 Å². The molecule has 1 unspecified atom stereocenters. The fraction of sp³-hybridized carbons (Fsp3) is 0.500. The van der Waals surface area contributed by atoms with Crippen LogP contribution in [0.15, 0.2) is 23.8 Å². The van der Waals surface area contributed by atoms with Crippen LogP contribution in [-0.2, 0) is 4.79 Å². The smallest absolute Gasteiger partial charge is 0.247 e. The lowest BCUT2D eigenvalue weighted by Gasteiger charge is -2.35. The van der Waals surface area contributed by atoms with Gasteiger partial charge in [-0.1, -0.05) is 0 Å². The van der Waals surface area contributed by atoms with Crippen molar-refractivity contribution in [2.75, 3.05) is 31.1 Å². The molecule has 1 amide bonds.